The van der Waals surface area contributed by atoms with Gasteiger partial charge in [0, 0.05) is 10.6 Å². The molecule has 0 radical (unpaired) electrons. The highest BCUT2D eigenvalue weighted by Crippen LogP contribution is 2.24. The first-order valence-corrected chi connectivity index (χ1v) is 8.57. The van der Waals surface area contributed by atoms with Crippen molar-refractivity contribution in [2.45, 2.75) is 11.8 Å². The summed E-state index contributed by atoms with van der Waals surface area (Å²) in [5.74, 6) is -0.752. The Bertz CT molecular complexity index is 734. The summed E-state index contributed by atoms with van der Waals surface area (Å²) in [5.41, 5.74) is 1.28. The summed E-state index contributed by atoms with van der Waals surface area (Å²) in [4.78, 5) is 25.1. The maximum atomic E-state index is 12.4. The fourth-order valence-corrected chi connectivity index (χ4v) is 2.59. The zero-order chi connectivity index (χ0) is 16.8. The second kappa shape index (κ2) is 8.04. The lowest BCUT2D eigenvalue weighted by Gasteiger charge is -2.09. The van der Waals surface area contributed by atoms with Gasteiger partial charge in [0.1, 0.15) is 0 Å². The highest BCUT2D eigenvalue weighted by molar-refractivity contribution is 7.98. The molecule has 0 saturated heterocycles. The lowest BCUT2D eigenvalue weighted by molar-refractivity contribution is 0.0526. The summed E-state index contributed by atoms with van der Waals surface area (Å²) < 4.78 is 4.95. The maximum Gasteiger partial charge on any atom is 0.338 e. The first-order valence-electron chi connectivity index (χ1n) is 6.97. The van der Waals surface area contributed by atoms with E-state index in [2.05, 4.69) is 5.32 Å². The van der Waals surface area contributed by atoms with Crippen LogP contribution in [-0.2, 0) is 4.74 Å². The van der Waals surface area contributed by atoms with Crippen molar-refractivity contribution in [1.82, 2.24) is 0 Å². The van der Waals surface area contributed by atoms with E-state index >= 15 is 0 Å². The standard InChI is InChI=1S/C17H16ClNO3S/c1-3-22-17(21)11-5-4-6-12(9-11)19-16(20)14-10-13(23-2)7-8-15(14)18/h4-10H,3H2,1-2H3,(H,19,20). The molecule has 4 nitrogen and oxygen atoms in total. The quantitative estimate of drug-likeness (QED) is 0.638. The van der Waals surface area contributed by atoms with Crippen molar-refractivity contribution in [2.24, 2.45) is 0 Å². The van der Waals surface area contributed by atoms with Gasteiger partial charge < -0.3 is 10.1 Å². The Balaban J connectivity index is 2.20. The summed E-state index contributed by atoms with van der Waals surface area (Å²) in [7, 11) is 0. The normalized spacial score (nSPS) is 10.2. The molecule has 6 heteroatoms. The molecular formula is C17H16ClNO3S. The van der Waals surface area contributed by atoms with Crippen molar-refractivity contribution < 1.29 is 14.3 Å². The van der Waals surface area contributed by atoms with E-state index in [1.807, 2.05) is 12.3 Å². The molecule has 0 bridgehead atoms. The number of halogens is 1. The van der Waals surface area contributed by atoms with Gasteiger partial charge in [0.25, 0.3) is 5.91 Å². The molecule has 0 atom stereocenters. The van der Waals surface area contributed by atoms with Gasteiger partial charge in [0.05, 0.1) is 22.8 Å². The third-order valence-corrected chi connectivity index (χ3v) is 4.10. The highest BCUT2D eigenvalue weighted by atomic mass is 35.5. The van der Waals surface area contributed by atoms with E-state index in [1.165, 1.54) is 11.8 Å². The van der Waals surface area contributed by atoms with E-state index in [1.54, 1.807) is 43.3 Å². The molecule has 0 aliphatic carbocycles. The van der Waals surface area contributed by atoms with Crippen LogP contribution in [-0.4, -0.2) is 24.7 Å². The number of anilines is 1. The number of hydrogen-bond acceptors (Lipinski definition) is 4. The lowest BCUT2D eigenvalue weighted by Crippen LogP contribution is -2.13. The molecule has 2 rings (SSSR count). The van der Waals surface area contributed by atoms with Crippen LogP contribution >= 0.6 is 23.4 Å². The predicted octanol–water partition coefficient (Wildman–Crippen LogP) is 4.49. The molecule has 0 fully saturated rings. The molecule has 0 aromatic heterocycles. The van der Waals surface area contributed by atoms with Gasteiger partial charge in [0.15, 0.2) is 0 Å². The number of esters is 1. The van der Waals surface area contributed by atoms with Crippen molar-refractivity contribution in [3.05, 3.63) is 58.6 Å². The van der Waals surface area contributed by atoms with Gasteiger partial charge in [-0.3, -0.25) is 4.79 Å². The van der Waals surface area contributed by atoms with Gasteiger partial charge in [-0.2, -0.15) is 0 Å². The number of carbonyl (C=O) groups excluding carboxylic acids is 2. The third-order valence-electron chi connectivity index (χ3n) is 3.05. The number of thioether (sulfide) groups is 1. The molecule has 0 aliphatic rings. The highest BCUT2D eigenvalue weighted by Gasteiger charge is 2.13. The van der Waals surface area contributed by atoms with E-state index < -0.39 is 5.97 Å². The van der Waals surface area contributed by atoms with Crippen LogP contribution in [0.15, 0.2) is 47.4 Å². The Morgan fingerprint density at radius 1 is 1.22 bits per heavy atom. The second-order valence-electron chi connectivity index (χ2n) is 4.60. The van der Waals surface area contributed by atoms with E-state index in [4.69, 9.17) is 16.3 Å². The number of benzene rings is 2. The van der Waals surface area contributed by atoms with Crippen LogP contribution in [0.2, 0.25) is 5.02 Å². The van der Waals surface area contributed by atoms with Crippen molar-refractivity contribution >= 4 is 40.9 Å². The van der Waals surface area contributed by atoms with Crippen LogP contribution in [0.5, 0.6) is 0 Å². The van der Waals surface area contributed by atoms with Gasteiger partial charge >= 0.3 is 5.97 Å². The van der Waals surface area contributed by atoms with Crippen LogP contribution in [0.1, 0.15) is 27.6 Å². The second-order valence-corrected chi connectivity index (χ2v) is 5.89. The monoisotopic (exact) mass is 349 g/mol. The molecule has 23 heavy (non-hydrogen) atoms. The molecule has 0 saturated carbocycles. The Morgan fingerprint density at radius 3 is 2.70 bits per heavy atom. The molecule has 2 aromatic carbocycles. The Morgan fingerprint density at radius 2 is 2.00 bits per heavy atom. The van der Waals surface area contributed by atoms with Gasteiger partial charge in [-0.1, -0.05) is 17.7 Å². The van der Waals surface area contributed by atoms with Crippen LogP contribution in [0.25, 0.3) is 0 Å². The van der Waals surface area contributed by atoms with E-state index in [9.17, 15) is 9.59 Å². The Labute approximate surface area is 144 Å². The summed E-state index contributed by atoms with van der Waals surface area (Å²) in [5, 5.41) is 3.12. The largest absolute Gasteiger partial charge is 0.462 e. The SMILES string of the molecule is CCOC(=O)c1cccc(NC(=O)c2cc(SC)ccc2Cl)c1. The first-order chi connectivity index (χ1) is 11.0. The minimum atomic E-state index is -0.425. The predicted molar refractivity (Wildman–Crippen MR) is 93.6 cm³/mol. The third kappa shape index (κ3) is 4.50. The van der Waals surface area contributed by atoms with Crippen LogP contribution < -0.4 is 5.32 Å². The molecular weight excluding hydrogens is 334 g/mol. The molecule has 0 spiro atoms. The average Bonchev–Trinajstić information content (AvgIpc) is 2.55. The molecule has 1 N–H and O–H groups in total. The van der Waals surface area contributed by atoms with E-state index in [0.717, 1.165) is 4.90 Å². The summed E-state index contributed by atoms with van der Waals surface area (Å²) in [6.07, 6.45) is 1.92. The zero-order valence-corrected chi connectivity index (χ0v) is 14.3. The molecule has 0 heterocycles. The van der Waals surface area contributed by atoms with Crippen molar-refractivity contribution in [3.63, 3.8) is 0 Å². The van der Waals surface area contributed by atoms with Gasteiger partial charge in [-0.05, 0) is 49.6 Å². The van der Waals surface area contributed by atoms with Crippen molar-refractivity contribution in [3.8, 4) is 0 Å². The summed E-state index contributed by atoms with van der Waals surface area (Å²) >= 11 is 7.62. The fourth-order valence-electron chi connectivity index (χ4n) is 1.94. The molecule has 120 valence electrons. The smallest absolute Gasteiger partial charge is 0.338 e. The Kier molecular flexibility index (Phi) is 6.07. The number of nitrogens with one attached hydrogen (secondary N) is 1. The molecule has 1 amide bonds. The van der Waals surface area contributed by atoms with Crippen molar-refractivity contribution in [1.29, 1.82) is 0 Å². The van der Waals surface area contributed by atoms with Crippen LogP contribution in [0, 0.1) is 0 Å². The van der Waals surface area contributed by atoms with Crippen molar-refractivity contribution in [2.75, 3.05) is 18.2 Å². The molecule has 0 aliphatic heterocycles. The summed E-state index contributed by atoms with van der Waals surface area (Å²) in [6.45, 7) is 2.04. The van der Waals surface area contributed by atoms with E-state index in [0.29, 0.717) is 28.4 Å². The zero-order valence-electron chi connectivity index (χ0n) is 12.8. The van der Waals surface area contributed by atoms with E-state index in [-0.39, 0.29) is 5.91 Å². The first kappa shape index (κ1) is 17.4. The van der Waals surface area contributed by atoms with Crippen LogP contribution in [0.4, 0.5) is 5.69 Å². The van der Waals surface area contributed by atoms with Gasteiger partial charge in [-0.25, -0.2) is 4.79 Å². The lowest BCUT2D eigenvalue weighted by atomic mass is 10.1. The van der Waals surface area contributed by atoms with Gasteiger partial charge in [0.2, 0.25) is 0 Å². The minimum Gasteiger partial charge on any atom is -0.462 e. The minimum absolute atomic E-state index is 0.298. The molecule has 2 aromatic rings. The summed E-state index contributed by atoms with van der Waals surface area (Å²) in [6, 6.07) is 11.9. The number of rotatable bonds is 5. The number of ether oxygens (including phenoxy) is 1. The molecule has 0 unspecified atom stereocenters. The number of amides is 1. The Hall–Kier alpha value is -1.98. The maximum absolute atomic E-state index is 12.4. The topological polar surface area (TPSA) is 55.4 Å². The average molecular weight is 350 g/mol. The van der Waals surface area contributed by atoms with Crippen LogP contribution in [0.3, 0.4) is 0 Å². The fraction of sp³-hybridized carbons (Fsp3) is 0.176. The van der Waals surface area contributed by atoms with Gasteiger partial charge in [-0.15, -0.1) is 11.8 Å². The number of hydrogen-bond donors (Lipinski definition) is 1. The number of carbonyl (C=O) groups is 2.